The van der Waals surface area contributed by atoms with Crippen LogP contribution in [0.3, 0.4) is 0 Å². The van der Waals surface area contributed by atoms with E-state index in [-0.39, 0.29) is 5.92 Å². The van der Waals surface area contributed by atoms with Crippen molar-refractivity contribution in [1.29, 1.82) is 0 Å². The van der Waals surface area contributed by atoms with E-state index in [4.69, 9.17) is 0 Å². The van der Waals surface area contributed by atoms with Crippen molar-refractivity contribution in [2.45, 2.75) is 50.7 Å². The Morgan fingerprint density at radius 3 is 2.50 bits per heavy atom. The second-order valence-corrected chi connectivity index (χ2v) is 8.30. The molecular formula is C25H26N2O. The molecule has 2 aromatic carbocycles. The smallest absolute Gasteiger partial charge is 0.166 e. The molecule has 3 heterocycles. The lowest BCUT2D eigenvalue weighted by molar-refractivity contribution is 0.00911. The minimum Gasteiger partial charge on any atom is -0.294 e. The quantitative estimate of drug-likeness (QED) is 0.588. The second-order valence-electron chi connectivity index (χ2n) is 8.30. The molecule has 2 unspecified atom stereocenters. The number of rotatable bonds is 4. The molecule has 3 nitrogen and oxygen atoms in total. The number of fused-ring (bicyclic) bond motifs is 3. The fourth-order valence-electron chi connectivity index (χ4n) is 5.28. The summed E-state index contributed by atoms with van der Waals surface area (Å²) in [5, 5.41) is 0.992. The summed E-state index contributed by atoms with van der Waals surface area (Å²) in [7, 11) is 0. The third-order valence-corrected chi connectivity index (χ3v) is 6.62. The van der Waals surface area contributed by atoms with Crippen molar-refractivity contribution in [3.8, 4) is 0 Å². The van der Waals surface area contributed by atoms with Crippen LogP contribution in [0.4, 0.5) is 0 Å². The van der Waals surface area contributed by atoms with Gasteiger partial charge in [0, 0.05) is 41.7 Å². The van der Waals surface area contributed by atoms with Gasteiger partial charge in [-0.15, -0.1) is 0 Å². The molecule has 28 heavy (non-hydrogen) atoms. The Morgan fingerprint density at radius 1 is 0.929 bits per heavy atom. The Kier molecular flexibility index (Phi) is 4.69. The van der Waals surface area contributed by atoms with E-state index in [1.54, 1.807) is 6.20 Å². The Hall–Kier alpha value is -2.52. The molecule has 142 valence electrons. The molecule has 3 aromatic rings. The molecule has 2 bridgehead atoms. The average Bonchev–Trinajstić information content (AvgIpc) is 2.73. The summed E-state index contributed by atoms with van der Waals surface area (Å²) in [6.45, 7) is 1.01. The van der Waals surface area contributed by atoms with Crippen LogP contribution >= 0.6 is 0 Å². The lowest BCUT2D eigenvalue weighted by Gasteiger charge is -2.48. The van der Waals surface area contributed by atoms with Crippen molar-refractivity contribution in [3.63, 3.8) is 0 Å². The van der Waals surface area contributed by atoms with Crippen molar-refractivity contribution < 1.29 is 4.79 Å². The Morgan fingerprint density at radius 2 is 1.71 bits per heavy atom. The van der Waals surface area contributed by atoms with Gasteiger partial charge in [-0.25, -0.2) is 0 Å². The van der Waals surface area contributed by atoms with E-state index in [9.17, 15) is 4.79 Å². The summed E-state index contributed by atoms with van der Waals surface area (Å²) in [5.41, 5.74) is 3.14. The molecule has 0 spiro atoms. The largest absolute Gasteiger partial charge is 0.294 e. The molecule has 0 radical (unpaired) electrons. The zero-order valence-electron chi connectivity index (χ0n) is 16.1. The van der Waals surface area contributed by atoms with Crippen molar-refractivity contribution in [2.24, 2.45) is 5.92 Å². The minimum atomic E-state index is 0.133. The maximum absolute atomic E-state index is 13.5. The number of ketones is 1. The third kappa shape index (κ3) is 3.24. The molecule has 0 amide bonds. The summed E-state index contributed by atoms with van der Waals surface area (Å²) < 4.78 is 0. The first-order valence-electron chi connectivity index (χ1n) is 10.5. The van der Waals surface area contributed by atoms with Gasteiger partial charge in [-0.1, -0.05) is 55.0 Å². The van der Waals surface area contributed by atoms with E-state index < -0.39 is 0 Å². The Labute approximate surface area is 166 Å². The number of pyridine rings is 1. The van der Waals surface area contributed by atoms with Crippen LogP contribution in [0, 0.1) is 5.92 Å². The fraction of sp³-hybridized carbons (Fsp3) is 0.360. The topological polar surface area (TPSA) is 33.2 Å². The van der Waals surface area contributed by atoms with Gasteiger partial charge in [0.05, 0.1) is 5.52 Å². The average molecular weight is 370 g/mol. The highest BCUT2D eigenvalue weighted by Gasteiger charge is 2.40. The summed E-state index contributed by atoms with van der Waals surface area (Å²) >= 11 is 0. The van der Waals surface area contributed by atoms with Gasteiger partial charge in [0.2, 0.25) is 0 Å². The van der Waals surface area contributed by atoms with Gasteiger partial charge >= 0.3 is 0 Å². The molecular weight excluding hydrogens is 344 g/mol. The predicted molar refractivity (Wildman–Crippen MR) is 112 cm³/mol. The van der Waals surface area contributed by atoms with Gasteiger partial charge in [0.15, 0.2) is 5.78 Å². The highest BCUT2D eigenvalue weighted by molar-refractivity contribution is 6.08. The maximum atomic E-state index is 13.5. The number of Topliss-reactive ketones (excluding diaryl/α,β-unsaturated/α-hetero) is 1. The summed E-state index contributed by atoms with van der Waals surface area (Å²) in [4.78, 5) is 20.6. The number of carbonyl (C=O) groups excluding carboxylic acids is 1. The lowest BCUT2D eigenvalue weighted by atomic mass is 9.75. The molecule has 5 rings (SSSR count). The van der Waals surface area contributed by atoms with Crippen LogP contribution in [-0.4, -0.2) is 27.8 Å². The maximum Gasteiger partial charge on any atom is 0.166 e. The van der Waals surface area contributed by atoms with E-state index in [1.165, 1.54) is 24.8 Å². The number of benzene rings is 2. The van der Waals surface area contributed by atoms with Gasteiger partial charge in [-0.3, -0.25) is 14.7 Å². The minimum absolute atomic E-state index is 0.133. The number of nitrogens with zero attached hydrogens (tertiary/aromatic N) is 2. The van der Waals surface area contributed by atoms with Crippen molar-refractivity contribution in [2.75, 3.05) is 0 Å². The van der Waals surface area contributed by atoms with E-state index in [1.807, 2.05) is 30.3 Å². The first kappa shape index (κ1) is 17.6. The van der Waals surface area contributed by atoms with Crippen LogP contribution in [0.15, 0.2) is 66.9 Å². The third-order valence-electron chi connectivity index (χ3n) is 6.62. The zero-order valence-corrected chi connectivity index (χ0v) is 16.1. The van der Waals surface area contributed by atoms with E-state index in [0.29, 0.717) is 17.9 Å². The van der Waals surface area contributed by atoms with Crippen molar-refractivity contribution in [1.82, 2.24) is 9.88 Å². The molecule has 2 aliphatic rings. The SMILES string of the molecule is O=C(c1cccc2ncccc12)C1CC2CCCC(C1)N2Cc1ccccc1. The molecule has 2 fully saturated rings. The molecule has 0 N–H and O–H groups in total. The second kappa shape index (κ2) is 7.48. The van der Waals surface area contributed by atoms with E-state index in [0.717, 1.165) is 35.9 Å². The Bertz CT molecular complexity index is 965. The Balaban J connectivity index is 1.39. The number of hydrogen-bond acceptors (Lipinski definition) is 3. The number of hydrogen-bond donors (Lipinski definition) is 0. The first-order valence-corrected chi connectivity index (χ1v) is 10.5. The molecule has 2 saturated heterocycles. The monoisotopic (exact) mass is 370 g/mol. The summed E-state index contributed by atoms with van der Waals surface area (Å²) in [5.74, 6) is 0.447. The van der Waals surface area contributed by atoms with Gasteiger partial charge in [0.25, 0.3) is 0 Å². The molecule has 0 aliphatic carbocycles. The number of carbonyl (C=O) groups is 1. The highest BCUT2D eigenvalue weighted by atomic mass is 16.1. The van der Waals surface area contributed by atoms with Crippen LogP contribution < -0.4 is 0 Å². The van der Waals surface area contributed by atoms with Crippen molar-refractivity contribution >= 4 is 16.7 Å². The van der Waals surface area contributed by atoms with E-state index in [2.05, 4.69) is 40.2 Å². The van der Waals surface area contributed by atoms with Crippen molar-refractivity contribution in [3.05, 3.63) is 78.0 Å². The van der Waals surface area contributed by atoms with Crippen LogP contribution in [0.1, 0.15) is 48.0 Å². The fourth-order valence-corrected chi connectivity index (χ4v) is 5.28. The molecule has 2 atom stereocenters. The normalized spacial score (nSPS) is 24.9. The van der Waals surface area contributed by atoms with Crippen LogP contribution in [0.2, 0.25) is 0 Å². The first-order chi connectivity index (χ1) is 13.8. The molecule has 2 aliphatic heterocycles. The summed E-state index contributed by atoms with van der Waals surface area (Å²) in [6, 6.07) is 21.7. The van der Waals surface area contributed by atoms with E-state index >= 15 is 0 Å². The van der Waals surface area contributed by atoms with Crippen LogP contribution in [-0.2, 0) is 6.54 Å². The van der Waals surface area contributed by atoms with Crippen LogP contribution in [0.25, 0.3) is 10.9 Å². The van der Waals surface area contributed by atoms with Gasteiger partial charge in [-0.2, -0.15) is 0 Å². The van der Waals surface area contributed by atoms with Gasteiger partial charge in [0.1, 0.15) is 0 Å². The van der Waals surface area contributed by atoms with Gasteiger partial charge < -0.3 is 0 Å². The zero-order chi connectivity index (χ0) is 18.9. The van der Waals surface area contributed by atoms with Crippen LogP contribution in [0.5, 0.6) is 0 Å². The summed E-state index contributed by atoms with van der Waals surface area (Å²) in [6.07, 6.45) is 7.48. The number of aromatic nitrogens is 1. The lowest BCUT2D eigenvalue weighted by Crippen LogP contribution is -2.52. The van der Waals surface area contributed by atoms with Gasteiger partial charge in [-0.05, 0) is 43.4 Å². The molecule has 0 saturated carbocycles. The molecule has 1 aromatic heterocycles. The highest BCUT2D eigenvalue weighted by Crippen LogP contribution is 2.39. The molecule has 3 heteroatoms. The standard InChI is InChI=1S/C25H26N2O/c28-25(23-11-5-13-24-22(23)12-6-14-26-24)19-15-20-9-4-10-21(16-19)27(20)17-18-7-2-1-3-8-18/h1-3,5-8,11-14,19-21H,4,9-10,15-17H2. The predicted octanol–water partition coefficient (Wildman–Crippen LogP) is 5.25. The number of piperidine rings is 2.